The van der Waals surface area contributed by atoms with Gasteiger partial charge in [-0.1, -0.05) is 12.1 Å². The number of furan rings is 2. The van der Waals surface area contributed by atoms with E-state index >= 15 is 0 Å². The molecule has 0 atom stereocenters. The molecule has 0 amide bonds. The Labute approximate surface area is 247 Å². The summed E-state index contributed by atoms with van der Waals surface area (Å²) in [5, 5.41) is 41.7. The van der Waals surface area contributed by atoms with E-state index < -0.39 is 41.7 Å². The molecule has 0 aliphatic carbocycles. The van der Waals surface area contributed by atoms with Crippen molar-refractivity contribution < 1.29 is 48.3 Å². The molecule has 4 aromatic carbocycles. The minimum absolute atomic E-state index is 0.0822. The number of hydrogen-bond acceptors (Lipinski definition) is 9. The average Bonchev–Trinajstić information content (AvgIpc) is 3.51. The summed E-state index contributed by atoms with van der Waals surface area (Å²) in [7, 11) is 3.00. The number of benzene rings is 3. The van der Waals surface area contributed by atoms with E-state index in [4.69, 9.17) is 18.3 Å². The number of phenols is 2. The first-order valence-electron chi connectivity index (χ1n) is 13.3. The first-order chi connectivity index (χ1) is 21.1. The molecule has 0 spiro atoms. The topological polar surface area (TPSA) is 177 Å². The van der Waals surface area contributed by atoms with Crippen molar-refractivity contribution in [2.24, 2.45) is 0 Å². The predicted octanol–water partition coefficient (Wildman–Crippen LogP) is 5.71. The van der Waals surface area contributed by atoms with E-state index in [1.807, 2.05) is 0 Å². The van der Waals surface area contributed by atoms with Crippen LogP contribution in [0.3, 0.4) is 0 Å². The Bertz CT molecular complexity index is 2170. The van der Waals surface area contributed by atoms with Crippen LogP contribution in [0.1, 0.15) is 11.1 Å². The number of carbonyl (C=O) groups is 2. The molecule has 6 rings (SSSR count). The number of fused-ring (bicyclic) bond motifs is 4. The zero-order chi connectivity index (χ0) is 31.3. The SMILES string of the molecule is COc1ccc(-c2oc3c(=O)c4c(O)c(O)c5oc(-c6ccc(OC)cc6)c(CC(=O)O)c5c4ccc3c2CC(=O)O)cc1. The average molecular weight is 597 g/mol. The van der Waals surface area contributed by atoms with Crippen LogP contribution in [0, 0.1) is 0 Å². The second-order valence-corrected chi connectivity index (χ2v) is 10.0. The van der Waals surface area contributed by atoms with E-state index in [9.17, 15) is 34.8 Å². The molecule has 6 aromatic rings. The van der Waals surface area contributed by atoms with Gasteiger partial charge < -0.3 is 38.7 Å². The molecule has 0 aliphatic heterocycles. The number of phenolic OH excluding ortho intramolecular Hbond substituents is 2. The quantitative estimate of drug-likeness (QED) is 0.158. The van der Waals surface area contributed by atoms with Gasteiger partial charge in [-0.2, -0.15) is 0 Å². The molecular weight excluding hydrogens is 572 g/mol. The van der Waals surface area contributed by atoms with Crippen LogP contribution in [0.15, 0.2) is 74.3 Å². The highest BCUT2D eigenvalue weighted by atomic mass is 16.5. The number of ether oxygens (including phenoxy) is 2. The van der Waals surface area contributed by atoms with Crippen LogP contribution in [-0.4, -0.2) is 46.6 Å². The lowest BCUT2D eigenvalue weighted by molar-refractivity contribution is -0.137. The Morgan fingerprint density at radius 3 is 1.64 bits per heavy atom. The van der Waals surface area contributed by atoms with Crippen molar-refractivity contribution in [3.05, 3.63) is 82.0 Å². The van der Waals surface area contributed by atoms with Crippen molar-refractivity contribution in [1.29, 1.82) is 0 Å². The Morgan fingerprint density at radius 1 is 0.636 bits per heavy atom. The van der Waals surface area contributed by atoms with Gasteiger partial charge in [0.1, 0.15) is 23.0 Å². The molecule has 44 heavy (non-hydrogen) atoms. The monoisotopic (exact) mass is 596 g/mol. The van der Waals surface area contributed by atoms with Crippen LogP contribution in [0.2, 0.25) is 0 Å². The zero-order valence-electron chi connectivity index (χ0n) is 23.3. The maximum Gasteiger partial charge on any atom is 0.307 e. The summed E-state index contributed by atoms with van der Waals surface area (Å²) in [6.45, 7) is 0. The van der Waals surface area contributed by atoms with Gasteiger partial charge >= 0.3 is 11.9 Å². The summed E-state index contributed by atoms with van der Waals surface area (Å²) in [4.78, 5) is 38.0. The third kappa shape index (κ3) is 4.51. The first kappa shape index (κ1) is 28.2. The van der Waals surface area contributed by atoms with Crippen molar-refractivity contribution in [2.75, 3.05) is 14.2 Å². The number of hydrogen-bond donors (Lipinski definition) is 4. The molecule has 2 aromatic heterocycles. The molecule has 0 aliphatic rings. The molecular formula is C33H24O11. The molecule has 11 heteroatoms. The van der Waals surface area contributed by atoms with E-state index in [2.05, 4.69) is 0 Å². The lowest BCUT2D eigenvalue weighted by Gasteiger charge is -2.05. The molecule has 0 fully saturated rings. The molecule has 222 valence electrons. The summed E-state index contributed by atoms with van der Waals surface area (Å²) >= 11 is 0. The molecule has 4 N–H and O–H groups in total. The van der Waals surface area contributed by atoms with Gasteiger partial charge in [0.15, 0.2) is 16.9 Å². The smallest absolute Gasteiger partial charge is 0.307 e. The van der Waals surface area contributed by atoms with Crippen LogP contribution < -0.4 is 14.9 Å². The highest BCUT2D eigenvalue weighted by molar-refractivity contribution is 6.16. The van der Waals surface area contributed by atoms with E-state index in [0.717, 1.165) is 0 Å². The summed E-state index contributed by atoms with van der Waals surface area (Å²) in [5.74, 6) is -2.57. The van der Waals surface area contributed by atoms with Crippen LogP contribution in [0.5, 0.6) is 23.0 Å². The van der Waals surface area contributed by atoms with Crippen LogP contribution in [-0.2, 0) is 22.4 Å². The summed E-state index contributed by atoms with van der Waals surface area (Å²) in [5.41, 5.74) is 0.0152. The second-order valence-electron chi connectivity index (χ2n) is 10.0. The number of carboxylic acids is 2. The van der Waals surface area contributed by atoms with Crippen molar-refractivity contribution >= 4 is 44.6 Å². The molecule has 0 radical (unpaired) electrons. The van der Waals surface area contributed by atoms with Gasteiger partial charge in [-0.05, 0) is 48.5 Å². The first-order valence-corrected chi connectivity index (χ1v) is 13.3. The standard InChI is InChI=1S/C33H24O11/c1-41-17-7-3-15(4-8-17)30-21(13-23(34)35)19-11-12-20-25-22(14-24(36)37)31(16-5-9-18(42-2)10-6-16)44-33(25)29(40)27(38)26(20)28(39)32(19)43-30/h3-12,38,40H,13-14H2,1-2H3,(H,34,35)(H,36,37). The van der Waals surface area contributed by atoms with Crippen molar-refractivity contribution in [3.8, 4) is 45.6 Å². The number of aliphatic carboxylic acids is 2. The number of methoxy groups -OCH3 is 2. The van der Waals surface area contributed by atoms with Gasteiger partial charge in [-0.15, -0.1) is 0 Å². The summed E-state index contributed by atoms with van der Waals surface area (Å²) in [6.07, 6.45) is -1.03. The van der Waals surface area contributed by atoms with Gasteiger partial charge in [0, 0.05) is 38.4 Å². The second kappa shape index (κ2) is 10.7. The lowest BCUT2D eigenvalue weighted by Crippen LogP contribution is -2.02. The molecule has 0 saturated heterocycles. The number of carboxylic acid groups (broad SMARTS) is 2. The minimum atomic E-state index is -1.20. The van der Waals surface area contributed by atoms with E-state index in [0.29, 0.717) is 22.6 Å². The third-order valence-electron chi connectivity index (χ3n) is 7.48. The highest BCUT2D eigenvalue weighted by Gasteiger charge is 2.28. The van der Waals surface area contributed by atoms with Crippen molar-refractivity contribution in [3.63, 3.8) is 0 Å². The molecule has 0 bridgehead atoms. The van der Waals surface area contributed by atoms with Gasteiger partial charge in [0.05, 0.1) is 32.4 Å². The molecule has 2 heterocycles. The number of aromatic hydroxyl groups is 2. The maximum absolute atomic E-state index is 14.1. The largest absolute Gasteiger partial charge is 0.504 e. The summed E-state index contributed by atoms with van der Waals surface area (Å²) < 4.78 is 22.4. The van der Waals surface area contributed by atoms with Gasteiger partial charge in [-0.3, -0.25) is 14.4 Å². The summed E-state index contributed by atoms with van der Waals surface area (Å²) in [6, 6.07) is 16.1. The van der Waals surface area contributed by atoms with Gasteiger partial charge in [0.2, 0.25) is 11.2 Å². The minimum Gasteiger partial charge on any atom is -0.504 e. The molecule has 0 unspecified atom stereocenters. The van der Waals surface area contributed by atoms with Crippen molar-refractivity contribution in [1.82, 2.24) is 0 Å². The highest BCUT2D eigenvalue weighted by Crippen LogP contribution is 2.47. The van der Waals surface area contributed by atoms with Gasteiger partial charge in [-0.25, -0.2) is 0 Å². The van der Waals surface area contributed by atoms with Crippen molar-refractivity contribution in [2.45, 2.75) is 12.8 Å². The van der Waals surface area contributed by atoms with E-state index in [1.54, 1.807) is 48.5 Å². The Morgan fingerprint density at radius 2 is 1.11 bits per heavy atom. The Balaban J connectivity index is 1.72. The fourth-order valence-corrected chi connectivity index (χ4v) is 5.49. The van der Waals surface area contributed by atoms with Crippen LogP contribution in [0.25, 0.3) is 55.4 Å². The van der Waals surface area contributed by atoms with Crippen LogP contribution in [0.4, 0.5) is 0 Å². The Kier molecular flexibility index (Phi) is 6.85. The maximum atomic E-state index is 14.1. The fraction of sp³-hybridized carbons (Fsp3) is 0.121. The number of rotatable bonds is 8. The zero-order valence-corrected chi connectivity index (χ0v) is 23.3. The Hall–Kier alpha value is -5.97. The van der Waals surface area contributed by atoms with E-state index in [-0.39, 0.29) is 55.4 Å². The lowest BCUT2D eigenvalue weighted by atomic mass is 9.98. The molecule has 11 nitrogen and oxygen atoms in total. The normalized spacial score (nSPS) is 11.3. The van der Waals surface area contributed by atoms with Gasteiger partial charge in [0.25, 0.3) is 0 Å². The predicted molar refractivity (Wildman–Crippen MR) is 160 cm³/mol. The third-order valence-corrected chi connectivity index (χ3v) is 7.48. The molecule has 0 saturated carbocycles. The van der Waals surface area contributed by atoms with E-state index in [1.165, 1.54) is 26.4 Å². The van der Waals surface area contributed by atoms with Crippen LogP contribution >= 0.6 is 0 Å². The fourth-order valence-electron chi connectivity index (χ4n) is 5.49.